The minimum Gasteiger partial charge on any atom is -0.497 e. The zero-order chi connectivity index (χ0) is 13.7. The maximum absolute atomic E-state index is 8.62. The molecule has 2 aromatic carbocycles. The summed E-state index contributed by atoms with van der Waals surface area (Å²) >= 11 is 0. The van der Waals surface area contributed by atoms with E-state index >= 15 is 0 Å². The van der Waals surface area contributed by atoms with Crippen LogP contribution in [0.15, 0.2) is 42.5 Å². The molecule has 0 heterocycles. The molecule has 0 aliphatic carbocycles. The van der Waals surface area contributed by atoms with Crippen LogP contribution in [0.25, 0.3) is 0 Å². The summed E-state index contributed by atoms with van der Waals surface area (Å²) in [6, 6.07) is 15.3. The molecule has 3 N–H and O–H groups in total. The summed E-state index contributed by atoms with van der Waals surface area (Å²) in [5, 5.41) is 11.8. The Kier molecular flexibility index (Phi) is 3.89. The zero-order valence-electron chi connectivity index (χ0n) is 10.7. The fraction of sp³-hybridized carbons (Fsp3) is 0.133. The van der Waals surface area contributed by atoms with Crippen molar-refractivity contribution in [3.63, 3.8) is 0 Å². The molecule has 0 saturated carbocycles. The lowest BCUT2D eigenvalue weighted by Gasteiger charge is -2.11. The number of methoxy groups -OCH3 is 1. The molecular weight excluding hydrogens is 238 g/mol. The third-order valence-electron chi connectivity index (χ3n) is 2.77. The second-order valence-electron chi connectivity index (χ2n) is 4.11. The van der Waals surface area contributed by atoms with E-state index in [1.165, 1.54) is 0 Å². The lowest BCUT2D eigenvalue weighted by Crippen LogP contribution is -1.97. The fourth-order valence-corrected chi connectivity index (χ4v) is 1.73. The highest BCUT2D eigenvalue weighted by molar-refractivity contribution is 5.73. The zero-order valence-corrected chi connectivity index (χ0v) is 10.7. The molecular formula is C15H15N3O. The van der Waals surface area contributed by atoms with Gasteiger partial charge in [0, 0.05) is 11.8 Å². The molecule has 0 aliphatic rings. The highest BCUT2D eigenvalue weighted by atomic mass is 16.5. The van der Waals surface area contributed by atoms with Crippen LogP contribution in [0, 0.1) is 11.3 Å². The van der Waals surface area contributed by atoms with Crippen molar-refractivity contribution in [1.29, 1.82) is 5.26 Å². The molecule has 0 amide bonds. The van der Waals surface area contributed by atoms with E-state index in [1.807, 2.05) is 36.4 Å². The van der Waals surface area contributed by atoms with Crippen molar-refractivity contribution < 1.29 is 4.74 Å². The van der Waals surface area contributed by atoms with E-state index < -0.39 is 0 Å². The lowest BCUT2D eigenvalue weighted by atomic mass is 10.1. The van der Waals surface area contributed by atoms with Gasteiger partial charge in [0.2, 0.25) is 0 Å². The fourth-order valence-electron chi connectivity index (χ4n) is 1.73. The average molecular weight is 253 g/mol. The summed E-state index contributed by atoms with van der Waals surface area (Å²) < 4.78 is 5.10. The molecule has 19 heavy (non-hydrogen) atoms. The first-order valence-electron chi connectivity index (χ1n) is 5.89. The Bertz CT molecular complexity index is 600. The molecule has 4 nitrogen and oxygen atoms in total. The van der Waals surface area contributed by atoms with Gasteiger partial charge in [-0.2, -0.15) is 5.26 Å². The van der Waals surface area contributed by atoms with Gasteiger partial charge >= 0.3 is 0 Å². The van der Waals surface area contributed by atoms with Crippen LogP contribution in [0.5, 0.6) is 5.75 Å². The molecule has 0 atom stereocenters. The van der Waals surface area contributed by atoms with Gasteiger partial charge in [-0.15, -0.1) is 0 Å². The Hall–Kier alpha value is -2.67. The predicted molar refractivity (Wildman–Crippen MR) is 76.4 cm³/mol. The van der Waals surface area contributed by atoms with E-state index in [2.05, 4.69) is 11.4 Å². The van der Waals surface area contributed by atoms with Crippen LogP contribution >= 0.6 is 0 Å². The Morgan fingerprint density at radius 3 is 2.53 bits per heavy atom. The summed E-state index contributed by atoms with van der Waals surface area (Å²) in [6.07, 6.45) is 0.422. The van der Waals surface area contributed by atoms with E-state index in [4.69, 9.17) is 15.7 Å². The number of nitrogens with two attached hydrogens (primary N) is 1. The summed E-state index contributed by atoms with van der Waals surface area (Å²) in [4.78, 5) is 0. The van der Waals surface area contributed by atoms with Crippen molar-refractivity contribution in [2.75, 3.05) is 18.2 Å². The van der Waals surface area contributed by atoms with Crippen molar-refractivity contribution >= 4 is 17.1 Å². The molecule has 96 valence electrons. The molecule has 0 radical (unpaired) electrons. The number of nitrogens with one attached hydrogen (secondary N) is 1. The van der Waals surface area contributed by atoms with Gasteiger partial charge in [-0.25, -0.2) is 0 Å². The smallest absolute Gasteiger partial charge is 0.121 e. The molecule has 0 spiro atoms. The largest absolute Gasteiger partial charge is 0.497 e. The minimum absolute atomic E-state index is 0.422. The third kappa shape index (κ3) is 3.17. The minimum atomic E-state index is 0.422. The van der Waals surface area contributed by atoms with Gasteiger partial charge in [0.25, 0.3) is 0 Å². The maximum atomic E-state index is 8.62. The molecule has 4 heteroatoms. The number of nitrogens with zero attached hydrogens (tertiary/aromatic N) is 1. The normalized spacial score (nSPS) is 9.68. The first-order chi connectivity index (χ1) is 9.22. The highest BCUT2D eigenvalue weighted by Gasteiger charge is 2.02. The molecule has 0 aromatic heterocycles. The third-order valence-corrected chi connectivity index (χ3v) is 2.77. The van der Waals surface area contributed by atoms with Gasteiger partial charge in [0.15, 0.2) is 0 Å². The van der Waals surface area contributed by atoms with Crippen LogP contribution < -0.4 is 15.8 Å². The Balaban J connectivity index is 2.15. The Morgan fingerprint density at radius 1 is 1.21 bits per heavy atom. The van der Waals surface area contributed by atoms with Crippen LogP contribution in [-0.2, 0) is 6.42 Å². The van der Waals surface area contributed by atoms with Gasteiger partial charge in [0.1, 0.15) is 5.75 Å². The first kappa shape index (κ1) is 12.8. The summed E-state index contributed by atoms with van der Waals surface area (Å²) in [5.41, 5.74) is 9.32. The van der Waals surface area contributed by atoms with E-state index in [0.717, 1.165) is 22.7 Å². The second-order valence-corrected chi connectivity index (χ2v) is 4.11. The van der Waals surface area contributed by atoms with Crippen molar-refractivity contribution in [2.45, 2.75) is 6.42 Å². The number of ether oxygens (including phenoxy) is 1. The van der Waals surface area contributed by atoms with Gasteiger partial charge < -0.3 is 15.8 Å². The van der Waals surface area contributed by atoms with Gasteiger partial charge in [-0.05, 0) is 29.8 Å². The maximum Gasteiger partial charge on any atom is 0.121 e. The number of nitriles is 1. The van der Waals surface area contributed by atoms with Gasteiger partial charge in [-0.1, -0.05) is 12.1 Å². The molecule has 2 rings (SSSR count). The molecule has 0 unspecified atom stereocenters. The van der Waals surface area contributed by atoms with Crippen molar-refractivity contribution in [3.05, 3.63) is 48.0 Å². The van der Waals surface area contributed by atoms with Gasteiger partial charge in [0.05, 0.1) is 31.0 Å². The van der Waals surface area contributed by atoms with Crippen LogP contribution in [0.1, 0.15) is 5.56 Å². The summed E-state index contributed by atoms with van der Waals surface area (Å²) in [7, 11) is 1.61. The molecule has 2 aromatic rings. The topological polar surface area (TPSA) is 71.1 Å². The van der Waals surface area contributed by atoms with Crippen LogP contribution in [-0.4, -0.2) is 7.11 Å². The number of nitrogen functional groups attached to an aromatic ring is 1. The van der Waals surface area contributed by atoms with Crippen molar-refractivity contribution in [2.24, 2.45) is 0 Å². The Labute approximate surface area is 112 Å². The molecule has 0 saturated heterocycles. The first-order valence-corrected chi connectivity index (χ1v) is 5.89. The standard InChI is InChI=1S/C15H15N3O/c1-19-13-6-7-15(14(17)10-13)18-12-4-2-11(3-5-12)8-9-16/h2-7,10,18H,8,17H2,1H3. The van der Waals surface area contributed by atoms with E-state index in [-0.39, 0.29) is 0 Å². The van der Waals surface area contributed by atoms with Crippen LogP contribution in [0.2, 0.25) is 0 Å². The summed E-state index contributed by atoms with van der Waals surface area (Å²) in [6.45, 7) is 0. The number of anilines is 3. The predicted octanol–water partition coefficient (Wildman–Crippen LogP) is 3.09. The van der Waals surface area contributed by atoms with Crippen molar-refractivity contribution in [1.82, 2.24) is 0 Å². The number of rotatable bonds is 4. The molecule has 0 aliphatic heterocycles. The number of benzene rings is 2. The highest BCUT2D eigenvalue weighted by Crippen LogP contribution is 2.27. The molecule has 0 bridgehead atoms. The van der Waals surface area contributed by atoms with Crippen molar-refractivity contribution in [3.8, 4) is 11.8 Å². The number of hydrogen-bond acceptors (Lipinski definition) is 4. The van der Waals surface area contributed by atoms with Crippen LogP contribution in [0.4, 0.5) is 17.1 Å². The average Bonchev–Trinajstić information content (AvgIpc) is 2.43. The van der Waals surface area contributed by atoms with E-state index in [9.17, 15) is 0 Å². The van der Waals surface area contributed by atoms with E-state index in [0.29, 0.717) is 12.1 Å². The number of hydrogen-bond donors (Lipinski definition) is 2. The lowest BCUT2D eigenvalue weighted by molar-refractivity contribution is 0.415. The molecule has 0 fully saturated rings. The SMILES string of the molecule is COc1ccc(Nc2ccc(CC#N)cc2)c(N)c1. The van der Waals surface area contributed by atoms with E-state index in [1.54, 1.807) is 13.2 Å². The second kappa shape index (κ2) is 5.78. The quantitative estimate of drug-likeness (QED) is 0.821. The van der Waals surface area contributed by atoms with Gasteiger partial charge in [-0.3, -0.25) is 0 Å². The van der Waals surface area contributed by atoms with Crippen LogP contribution in [0.3, 0.4) is 0 Å². The monoisotopic (exact) mass is 253 g/mol. The Morgan fingerprint density at radius 2 is 1.95 bits per heavy atom. The summed E-state index contributed by atoms with van der Waals surface area (Å²) in [5.74, 6) is 0.729.